The Hall–Kier alpha value is -0.860. The molecule has 1 aromatic rings. The summed E-state index contributed by atoms with van der Waals surface area (Å²) in [4.78, 5) is 16.6. The number of halogens is 2. The third-order valence-corrected chi connectivity index (χ3v) is 7.87. The highest BCUT2D eigenvalue weighted by Gasteiger charge is 2.28. The van der Waals surface area contributed by atoms with E-state index >= 15 is 0 Å². The lowest BCUT2D eigenvalue weighted by Crippen LogP contribution is -2.49. The van der Waals surface area contributed by atoms with E-state index in [2.05, 4.69) is 15.1 Å². The van der Waals surface area contributed by atoms with Gasteiger partial charge in [0.15, 0.2) is 9.84 Å². The highest BCUT2D eigenvalue weighted by Crippen LogP contribution is 2.26. The molecule has 9 heteroatoms. The molecule has 2 heterocycles. The van der Waals surface area contributed by atoms with E-state index in [4.69, 9.17) is 23.2 Å². The molecule has 150 valence electrons. The molecule has 0 spiro atoms. The van der Waals surface area contributed by atoms with Crippen LogP contribution in [0.5, 0.6) is 0 Å². The first-order chi connectivity index (χ1) is 12.8. The van der Waals surface area contributed by atoms with Crippen LogP contribution in [0.25, 0.3) is 0 Å². The summed E-state index contributed by atoms with van der Waals surface area (Å²) in [6.45, 7) is 4.88. The first kappa shape index (κ1) is 20.9. The van der Waals surface area contributed by atoms with E-state index in [1.807, 2.05) is 12.1 Å². The molecule has 0 aliphatic carbocycles. The Labute approximate surface area is 170 Å². The van der Waals surface area contributed by atoms with E-state index in [9.17, 15) is 13.2 Å². The Kier molecular flexibility index (Phi) is 7.03. The first-order valence-corrected chi connectivity index (χ1v) is 11.7. The van der Waals surface area contributed by atoms with E-state index in [0.29, 0.717) is 29.6 Å². The summed E-state index contributed by atoms with van der Waals surface area (Å²) >= 11 is 12.3. The molecule has 3 rings (SSSR count). The lowest BCUT2D eigenvalue weighted by molar-refractivity contribution is -0.122. The van der Waals surface area contributed by atoms with E-state index < -0.39 is 9.84 Å². The number of carbonyl (C=O) groups is 1. The summed E-state index contributed by atoms with van der Waals surface area (Å²) in [6, 6.07) is 5.67. The van der Waals surface area contributed by atoms with Gasteiger partial charge in [-0.2, -0.15) is 0 Å². The van der Waals surface area contributed by atoms with Gasteiger partial charge in [0.1, 0.15) is 0 Å². The van der Waals surface area contributed by atoms with Gasteiger partial charge in [-0.25, -0.2) is 8.42 Å². The molecule has 2 saturated heterocycles. The highest BCUT2D eigenvalue weighted by atomic mass is 35.5. The van der Waals surface area contributed by atoms with Crippen LogP contribution in [0, 0.1) is 5.92 Å². The molecule has 1 aromatic carbocycles. The molecular weight excluding hydrogens is 409 g/mol. The van der Waals surface area contributed by atoms with Crippen molar-refractivity contribution in [3.8, 4) is 0 Å². The van der Waals surface area contributed by atoms with Gasteiger partial charge >= 0.3 is 0 Å². The van der Waals surface area contributed by atoms with Crippen LogP contribution < -0.4 is 5.32 Å². The normalized spacial score (nSPS) is 23.4. The second-order valence-corrected chi connectivity index (χ2v) is 10.4. The van der Waals surface area contributed by atoms with Gasteiger partial charge in [0.25, 0.3) is 0 Å². The standard InChI is InChI=1S/C18H25Cl2N3O3S/c19-16-3-1-2-15(18(16)20)11-22-5-7-23(8-6-22)12-17(24)21-10-14-4-9-27(25,26)13-14/h1-3,14H,4-13H2,(H,21,24). The van der Waals surface area contributed by atoms with Gasteiger partial charge in [-0.1, -0.05) is 35.3 Å². The summed E-state index contributed by atoms with van der Waals surface area (Å²) < 4.78 is 22.9. The minimum Gasteiger partial charge on any atom is -0.355 e. The average Bonchev–Trinajstić information content (AvgIpc) is 2.98. The molecule has 0 saturated carbocycles. The second-order valence-electron chi connectivity index (χ2n) is 7.34. The monoisotopic (exact) mass is 433 g/mol. The van der Waals surface area contributed by atoms with Crippen molar-refractivity contribution in [2.45, 2.75) is 13.0 Å². The number of piperazine rings is 1. The number of hydrogen-bond acceptors (Lipinski definition) is 5. The van der Waals surface area contributed by atoms with Crippen LogP contribution in [-0.4, -0.2) is 74.9 Å². The van der Waals surface area contributed by atoms with E-state index in [1.165, 1.54) is 0 Å². The molecule has 2 fully saturated rings. The van der Waals surface area contributed by atoms with Gasteiger partial charge in [-0.05, 0) is 24.0 Å². The third kappa shape index (κ3) is 6.06. The smallest absolute Gasteiger partial charge is 0.234 e. The second kappa shape index (κ2) is 9.09. The SMILES string of the molecule is O=C(CN1CCN(Cc2cccc(Cl)c2Cl)CC1)NCC1CCS(=O)(=O)C1. The Balaban J connectivity index is 1.38. The van der Waals surface area contributed by atoms with Crippen LogP contribution in [0.4, 0.5) is 0 Å². The lowest BCUT2D eigenvalue weighted by Gasteiger charge is -2.34. The zero-order chi connectivity index (χ0) is 19.4. The molecule has 0 aromatic heterocycles. The largest absolute Gasteiger partial charge is 0.355 e. The minimum atomic E-state index is -2.89. The molecule has 1 N–H and O–H groups in total. The van der Waals surface area contributed by atoms with Gasteiger partial charge in [0.2, 0.25) is 5.91 Å². The van der Waals surface area contributed by atoms with Crippen LogP contribution in [0.2, 0.25) is 10.0 Å². The van der Waals surface area contributed by atoms with Crippen molar-refractivity contribution in [2.24, 2.45) is 5.92 Å². The van der Waals surface area contributed by atoms with Crippen LogP contribution in [-0.2, 0) is 21.2 Å². The van der Waals surface area contributed by atoms with E-state index in [0.717, 1.165) is 38.3 Å². The summed E-state index contributed by atoms with van der Waals surface area (Å²) in [5.74, 6) is 0.452. The predicted octanol–water partition coefficient (Wildman–Crippen LogP) is 1.66. The molecule has 2 aliphatic heterocycles. The van der Waals surface area contributed by atoms with E-state index in [-0.39, 0.29) is 23.3 Å². The maximum Gasteiger partial charge on any atom is 0.234 e. The van der Waals surface area contributed by atoms with Gasteiger partial charge in [-0.15, -0.1) is 0 Å². The maximum atomic E-state index is 12.1. The number of amides is 1. The van der Waals surface area contributed by atoms with Gasteiger partial charge in [0, 0.05) is 39.3 Å². The molecule has 2 aliphatic rings. The third-order valence-electron chi connectivity index (χ3n) is 5.17. The predicted molar refractivity (Wildman–Crippen MR) is 108 cm³/mol. The fourth-order valence-corrected chi connectivity index (χ4v) is 5.81. The Morgan fingerprint density at radius 2 is 1.85 bits per heavy atom. The van der Waals surface area contributed by atoms with Gasteiger partial charge in [0.05, 0.1) is 28.1 Å². The fourth-order valence-electron chi connectivity index (χ4n) is 3.57. The zero-order valence-electron chi connectivity index (χ0n) is 15.2. The highest BCUT2D eigenvalue weighted by molar-refractivity contribution is 7.91. The number of nitrogens with zero attached hydrogens (tertiary/aromatic N) is 2. The lowest BCUT2D eigenvalue weighted by atomic mass is 10.1. The maximum absolute atomic E-state index is 12.1. The van der Waals surface area contributed by atoms with Crippen LogP contribution >= 0.6 is 23.2 Å². The molecule has 1 amide bonds. The quantitative estimate of drug-likeness (QED) is 0.738. The molecule has 6 nitrogen and oxygen atoms in total. The summed E-state index contributed by atoms with van der Waals surface area (Å²) in [7, 11) is -2.89. The Morgan fingerprint density at radius 3 is 2.52 bits per heavy atom. The van der Waals surface area contributed by atoms with E-state index in [1.54, 1.807) is 6.07 Å². The fraction of sp³-hybridized carbons (Fsp3) is 0.611. The molecule has 1 atom stereocenters. The van der Waals surface area contributed by atoms with Crippen LogP contribution in [0.1, 0.15) is 12.0 Å². The van der Waals surface area contributed by atoms with Crippen molar-refractivity contribution in [1.29, 1.82) is 0 Å². The Morgan fingerprint density at radius 1 is 1.15 bits per heavy atom. The summed E-state index contributed by atoms with van der Waals surface area (Å²) in [5, 5.41) is 4.06. The first-order valence-electron chi connectivity index (χ1n) is 9.17. The van der Waals surface area contributed by atoms with Gasteiger partial charge in [-0.3, -0.25) is 14.6 Å². The van der Waals surface area contributed by atoms with Crippen molar-refractivity contribution < 1.29 is 13.2 Å². The summed E-state index contributed by atoms with van der Waals surface area (Å²) in [5.41, 5.74) is 1.02. The number of carbonyl (C=O) groups excluding carboxylic acids is 1. The molecule has 0 bridgehead atoms. The number of rotatable bonds is 6. The van der Waals surface area contributed by atoms with Crippen molar-refractivity contribution in [1.82, 2.24) is 15.1 Å². The molecule has 1 unspecified atom stereocenters. The van der Waals surface area contributed by atoms with Crippen molar-refractivity contribution in [3.05, 3.63) is 33.8 Å². The number of sulfone groups is 1. The molecular formula is C18H25Cl2N3O3S. The average molecular weight is 434 g/mol. The van der Waals surface area contributed by atoms with Crippen molar-refractivity contribution in [3.63, 3.8) is 0 Å². The number of hydrogen-bond donors (Lipinski definition) is 1. The van der Waals surface area contributed by atoms with Gasteiger partial charge < -0.3 is 5.32 Å². The molecule has 27 heavy (non-hydrogen) atoms. The van der Waals surface area contributed by atoms with Crippen LogP contribution in [0.3, 0.4) is 0 Å². The number of benzene rings is 1. The topological polar surface area (TPSA) is 69.7 Å². The van der Waals surface area contributed by atoms with Crippen molar-refractivity contribution >= 4 is 38.9 Å². The zero-order valence-corrected chi connectivity index (χ0v) is 17.5. The number of nitrogens with one attached hydrogen (secondary N) is 1. The molecule has 0 radical (unpaired) electrons. The summed E-state index contributed by atoms with van der Waals surface area (Å²) in [6.07, 6.45) is 0.646. The Bertz CT molecular complexity index is 780. The minimum absolute atomic E-state index is 0.0365. The van der Waals surface area contributed by atoms with Crippen molar-refractivity contribution in [2.75, 3.05) is 50.8 Å². The van der Waals surface area contributed by atoms with Crippen LogP contribution in [0.15, 0.2) is 18.2 Å².